The van der Waals surface area contributed by atoms with Gasteiger partial charge in [0.2, 0.25) is 0 Å². The third-order valence-corrected chi connectivity index (χ3v) is 6.99. The van der Waals surface area contributed by atoms with E-state index in [0.717, 1.165) is 37.2 Å². The SMILES string of the molecule is CC(C)c1cc(C(=O)N2C[C@@H](c3cccc(O)c3)[C@@H]3[C@H]2C2CCN3CC2)n[nH]1. The highest BCUT2D eigenvalue weighted by molar-refractivity contribution is 5.93. The summed E-state index contributed by atoms with van der Waals surface area (Å²) in [5, 5.41) is 17.3. The molecule has 6 nitrogen and oxygen atoms in total. The van der Waals surface area contributed by atoms with Crippen LogP contribution in [0.2, 0.25) is 0 Å². The summed E-state index contributed by atoms with van der Waals surface area (Å²) < 4.78 is 0. The second-order valence-electron chi connectivity index (χ2n) is 8.88. The van der Waals surface area contributed by atoms with Gasteiger partial charge in [-0.25, -0.2) is 0 Å². The van der Waals surface area contributed by atoms with Gasteiger partial charge in [0.25, 0.3) is 5.91 Å². The van der Waals surface area contributed by atoms with Crippen molar-refractivity contribution in [2.24, 2.45) is 5.92 Å². The van der Waals surface area contributed by atoms with Crippen LogP contribution in [0.4, 0.5) is 0 Å². The summed E-state index contributed by atoms with van der Waals surface area (Å²) in [6, 6.07) is 10.1. The van der Waals surface area contributed by atoms with E-state index in [4.69, 9.17) is 0 Å². The zero-order valence-corrected chi connectivity index (χ0v) is 16.5. The number of H-pyrrole nitrogens is 1. The van der Waals surface area contributed by atoms with Crippen LogP contribution in [0.25, 0.3) is 0 Å². The molecule has 3 atom stereocenters. The average Bonchev–Trinajstić information content (AvgIpc) is 3.35. The molecule has 1 amide bonds. The quantitative estimate of drug-likeness (QED) is 0.859. The zero-order chi connectivity index (χ0) is 19.4. The molecule has 0 radical (unpaired) electrons. The molecule has 4 fully saturated rings. The summed E-state index contributed by atoms with van der Waals surface area (Å²) >= 11 is 0. The molecule has 2 bridgehead atoms. The van der Waals surface area contributed by atoms with Crippen molar-refractivity contribution in [3.05, 3.63) is 47.3 Å². The van der Waals surface area contributed by atoms with E-state index in [9.17, 15) is 9.90 Å². The number of aromatic nitrogens is 2. The van der Waals surface area contributed by atoms with E-state index in [0.29, 0.717) is 35.9 Å². The van der Waals surface area contributed by atoms with E-state index in [-0.39, 0.29) is 17.9 Å². The molecule has 6 rings (SSSR count). The van der Waals surface area contributed by atoms with Crippen LogP contribution in [-0.4, -0.2) is 62.7 Å². The van der Waals surface area contributed by atoms with Crippen LogP contribution in [0.15, 0.2) is 30.3 Å². The number of phenolic OH excluding ortho intramolecular Hbond substituents is 1. The number of benzene rings is 1. The third-order valence-electron chi connectivity index (χ3n) is 6.99. The van der Waals surface area contributed by atoms with Gasteiger partial charge >= 0.3 is 0 Å². The molecule has 5 heterocycles. The van der Waals surface area contributed by atoms with Gasteiger partial charge in [0.15, 0.2) is 0 Å². The summed E-state index contributed by atoms with van der Waals surface area (Å²) in [7, 11) is 0. The van der Waals surface area contributed by atoms with Crippen molar-refractivity contribution >= 4 is 5.91 Å². The second-order valence-corrected chi connectivity index (χ2v) is 8.88. The molecule has 6 heteroatoms. The third kappa shape index (κ3) is 2.73. The summed E-state index contributed by atoms with van der Waals surface area (Å²) in [4.78, 5) is 18.1. The molecule has 4 aliphatic heterocycles. The molecule has 2 aromatic rings. The first-order valence-corrected chi connectivity index (χ1v) is 10.4. The van der Waals surface area contributed by atoms with Gasteiger partial charge in [-0.2, -0.15) is 5.10 Å². The molecule has 1 aromatic heterocycles. The number of piperidine rings is 3. The number of amides is 1. The molecular formula is C22H28N4O2. The lowest BCUT2D eigenvalue weighted by Crippen LogP contribution is -2.60. The largest absolute Gasteiger partial charge is 0.508 e. The maximum atomic E-state index is 13.4. The van der Waals surface area contributed by atoms with Crippen molar-refractivity contribution in [1.29, 1.82) is 0 Å². The topological polar surface area (TPSA) is 72.5 Å². The number of aromatic hydroxyl groups is 1. The molecule has 2 N–H and O–H groups in total. The van der Waals surface area contributed by atoms with Crippen molar-refractivity contribution in [3.8, 4) is 5.75 Å². The standard InChI is InChI=1S/C22H28N4O2/c1-13(2)18-11-19(24-23-18)22(28)26-12-17(15-4-3-5-16(27)10-15)21-20(26)14-6-8-25(21)9-7-14/h3-5,10-11,13-14,17,20-21,27H,6-9,12H2,1-2H3,(H,23,24)/t17-,20+,21+/m0/s1. The normalized spacial score (nSPS) is 31.4. The monoisotopic (exact) mass is 380 g/mol. The van der Waals surface area contributed by atoms with Crippen LogP contribution in [0.5, 0.6) is 5.75 Å². The van der Waals surface area contributed by atoms with Gasteiger partial charge in [0.05, 0.1) is 6.04 Å². The number of carbonyl (C=O) groups excluding carboxylic acids is 1. The predicted octanol–water partition coefficient (Wildman–Crippen LogP) is 2.94. The fourth-order valence-corrected chi connectivity index (χ4v) is 5.59. The predicted molar refractivity (Wildman–Crippen MR) is 106 cm³/mol. The number of likely N-dealkylation sites (tertiary alicyclic amines) is 1. The average molecular weight is 380 g/mol. The van der Waals surface area contributed by atoms with E-state index in [1.807, 2.05) is 18.2 Å². The highest BCUT2D eigenvalue weighted by Crippen LogP contribution is 2.47. The van der Waals surface area contributed by atoms with E-state index < -0.39 is 0 Å². The number of rotatable bonds is 3. The van der Waals surface area contributed by atoms with Crippen LogP contribution in [-0.2, 0) is 0 Å². The smallest absolute Gasteiger partial charge is 0.274 e. The molecule has 0 spiro atoms. The van der Waals surface area contributed by atoms with E-state index in [1.165, 1.54) is 0 Å². The van der Waals surface area contributed by atoms with Crippen molar-refractivity contribution < 1.29 is 9.90 Å². The number of hydrogen-bond acceptors (Lipinski definition) is 4. The van der Waals surface area contributed by atoms with E-state index >= 15 is 0 Å². The second kappa shape index (κ2) is 6.62. The van der Waals surface area contributed by atoms with Crippen LogP contribution >= 0.6 is 0 Å². The van der Waals surface area contributed by atoms with Crippen molar-refractivity contribution in [2.75, 3.05) is 19.6 Å². The highest BCUT2D eigenvalue weighted by atomic mass is 16.3. The maximum absolute atomic E-state index is 13.4. The molecular weight excluding hydrogens is 352 g/mol. The minimum absolute atomic E-state index is 0.0366. The summed E-state index contributed by atoms with van der Waals surface area (Å²) in [5.74, 6) is 1.44. The van der Waals surface area contributed by atoms with Crippen molar-refractivity contribution in [3.63, 3.8) is 0 Å². The van der Waals surface area contributed by atoms with E-state index in [2.05, 4.69) is 39.9 Å². The fourth-order valence-electron chi connectivity index (χ4n) is 5.59. The Bertz CT molecular complexity index is 884. The van der Waals surface area contributed by atoms with Gasteiger partial charge in [-0.05, 0) is 61.5 Å². The Hall–Kier alpha value is -2.34. The number of nitrogens with zero attached hydrogens (tertiary/aromatic N) is 3. The first-order chi connectivity index (χ1) is 13.5. The number of carbonyl (C=O) groups is 1. The van der Waals surface area contributed by atoms with Crippen molar-refractivity contribution in [2.45, 2.75) is 50.6 Å². The van der Waals surface area contributed by atoms with Crippen LogP contribution in [0, 0.1) is 5.92 Å². The minimum Gasteiger partial charge on any atom is -0.508 e. The van der Waals surface area contributed by atoms with Gasteiger partial charge in [0, 0.05) is 24.2 Å². The number of nitrogens with one attached hydrogen (secondary N) is 1. The molecule has 0 saturated carbocycles. The van der Waals surface area contributed by atoms with Crippen LogP contribution < -0.4 is 0 Å². The number of hydrogen-bond donors (Lipinski definition) is 2. The van der Waals surface area contributed by atoms with E-state index in [1.54, 1.807) is 6.07 Å². The van der Waals surface area contributed by atoms with Crippen molar-refractivity contribution in [1.82, 2.24) is 20.0 Å². The van der Waals surface area contributed by atoms with Crippen LogP contribution in [0.3, 0.4) is 0 Å². The van der Waals surface area contributed by atoms with Gasteiger partial charge in [-0.3, -0.25) is 14.8 Å². The summed E-state index contributed by atoms with van der Waals surface area (Å²) in [6.45, 7) is 7.11. The Balaban J connectivity index is 1.50. The lowest BCUT2D eigenvalue weighted by atomic mass is 9.75. The highest BCUT2D eigenvalue weighted by Gasteiger charge is 2.54. The number of phenols is 1. The number of fused-ring (bicyclic) bond motifs is 2. The Kier molecular flexibility index (Phi) is 4.19. The first kappa shape index (κ1) is 17.7. The summed E-state index contributed by atoms with van der Waals surface area (Å²) in [5.41, 5.74) is 2.65. The van der Waals surface area contributed by atoms with Crippen LogP contribution in [0.1, 0.15) is 60.3 Å². The van der Waals surface area contributed by atoms with Gasteiger partial charge in [0.1, 0.15) is 11.4 Å². The minimum atomic E-state index is 0.0366. The Morgan fingerprint density at radius 3 is 2.68 bits per heavy atom. The Morgan fingerprint density at radius 1 is 1.21 bits per heavy atom. The lowest BCUT2D eigenvalue weighted by Gasteiger charge is -2.51. The molecule has 148 valence electrons. The number of aromatic amines is 1. The molecule has 4 saturated heterocycles. The molecule has 1 aromatic carbocycles. The summed E-state index contributed by atoms with van der Waals surface area (Å²) in [6.07, 6.45) is 2.32. The Labute approximate surface area is 165 Å². The molecule has 0 aliphatic carbocycles. The maximum Gasteiger partial charge on any atom is 0.274 e. The lowest BCUT2D eigenvalue weighted by molar-refractivity contribution is -0.00359. The fraction of sp³-hybridized carbons (Fsp3) is 0.545. The zero-order valence-electron chi connectivity index (χ0n) is 16.5. The van der Waals surface area contributed by atoms with Gasteiger partial charge in [-0.15, -0.1) is 0 Å². The Morgan fingerprint density at radius 2 is 2.00 bits per heavy atom. The molecule has 4 aliphatic rings. The molecule has 28 heavy (non-hydrogen) atoms. The first-order valence-electron chi connectivity index (χ1n) is 10.4. The van der Waals surface area contributed by atoms with Gasteiger partial charge < -0.3 is 10.0 Å². The molecule has 0 unspecified atom stereocenters. The van der Waals surface area contributed by atoms with Gasteiger partial charge in [-0.1, -0.05) is 26.0 Å².